The van der Waals surface area contributed by atoms with Gasteiger partial charge in [-0.15, -0.1) is 0 Å². The summed E-state index contributed by atoms with van der Waals surface area (Å²) in [6.07, 6.45) is 1.48. The van der Waals surface area contributed by atoms with Crippen LogP contribution in [-0.2, 0) is 9.53 Å². The Hall–Kier alpha value is -0.570. The predicted octanol–water partition coefficient (Wildman–Crippen LogP) is 2.06. The van der Waals surface area contributed by atoms with Gasteiger partial charge in [0.05, 0.1) is 18.6 Å². The van der Waals surface area contributed by atoms with Crippen molar-refractivity contribution in [1.29, 1.82) is 0 Å². The van der Waals surface area contributed by atoms with Crippen molar-refractivity contribution in [3.05, 3.63) is 0 Å². The summed E-state index contributed by atoms with van der Waals surface area (Å²) in [7, 11) is 1.84. The molecule has 0 rings (SSSR count). The van der Waals surface area contributed by atoms with Gasteiger partial charge in [-0.25, -0.2) is 0 Å². The lowest BCUT2D eigenvalue weighted by molar-refractivity contribution is -0.132. The van der Waals surface area contributed by atoms with Crippen LogP contribution in [-0.4, -0.2) is 36.6 Å². The smallest absolute Gasteiger partial charge is 0.224 e. The number of carbonyl (C=O) groups excluding carboxylic acids is 1. The highest BCUT2D eigenvalue weighted by atomic mass is 16.5. The van der Waals surface area contributed by atoms with E-state index in [9.17, 15) is 4.79 Å². The maximum absolute atomic E-state index is 11.5. The number of carbonyl (C=O) groups is 1. The summed E-state index contributed by atoms with van der Waals surface area (Å²) in [4.78, 5) is 13.2. The highest BCUT2D eigenvalue weighted by Crippen LogP contribution is 2.07. The lowest BCUT2D eigenvalue weighted by Crippen LogP contribution is -2.29. The van der Waals surface area contributed by atoms with Crippen molar-refractivity contribution < 1.29 is 9.53 Å². The van der Waals surface area contributed by atoms with Crippen molar-refractivity contribution in [3.8, 4) is 0 Å². The van der Waals surface area contributed by atoms with E-state index in [0.29, 0.717) is 13.0 Å². The average molecular weight is 201 g/mol. The number of amides is 1. The highest BCUT2D eigenvalue weighted by Gasteiger charge is 2.12. The molecular weight excluding hydrogens is 178 g/mol. The molecule has 0 aromatic carbocycles. The van der Waals surface area contributed by atoms with Crippen LogP contribution in [0, 0.1) is 0 Å². The summed E-state index contributed by atoms with van der Waals surface area (Å²) in [5.74, 6) is 0.163. The van der Waals surface area contributed by atoms with E-state index >= 15 is 0 Å². The van der Waals surface area contributed by atoms with Crippen LogP contribution >= 0.6 is 0 Å². The molecule has 0 aliphatic heterocycles. The SMILES string of the molecule is CCCN(C)C(=O)CCOC(C)(C)C. The fourth-order valence-corrected chi connectivity index (χ4v) is 1.10. The molecule has 0 unspecified atom stereocenters. The third-order valence-electron chi connectivity index (χ3n) is 1.84. The number of nitrogens with zero attached hydrogens (tertiary/aromatic N) is 1. The summed E-state index contributed by atoms with van der Waals surface area (Å²) in [6, 6.07) is 0. The third-order valence-corrected chi connectivity index (χ3v) is 1.84. The molecule has 84 valence electrons. The molecule has 0 aromatic rings. The van der Waals surface area contributed by atoms with E-state index in [0.717, 1.165) is 13.0 Å². The monoisotopic (exact) mass is 201 g/mol. The van der Waals surface area contributed by atoms with Crippen molar-refractivity contribution in [1.82, 2.24) is 4.90 Å². The Kier molecular flexibility index (Phi) is 5.77. The molecule has 0 fully saturated rings. The predicted molar refractivity (Wildman–Crippen MR) is 58.3 cm³/mol. The van der Waals surface area contributed by atoms with E-state index in [4.69, 9.17) is 4.74 Å². The van der Waals surface area contributed by atoms with Gasteiger partial charge in [-0.3, -0.25) is 4.79 Å². The first-order valence-corrected chi connectivity index (χ1v) is 5.24. The number of hydrogen-bond acceptors (Lipinski definition) is 2. The summed E-state index contributed by atoms with van der Waals surface area (Å²) in [5.41, 5.74) is -0.149. The fraction of sp³-hybridized carbons (Fsp3) is 0.909. The molecular formula is C11H23NO2. The van der Waals surface area contributed by atoms with E-state index in [1.54, 1.807) is 4.90 Å². The Balaban J connectivity index is 3.64. The summed E-state index contributed by atoms with van der Waals surface area (Å²) < 4.78 is 5.48. The standard InChI is InChI=1S/C11H23NO2/c1-6-8-12(5)10(13)7-9-14-11(2,3)4/h6-9H2,1-5H3. The zero-order chi connectivity index (χ0) is 11.2. The van der Waals surface area contributed by atoms with Gasteiger partial charge in [0.25, 0.3) is 0 Å². The van der Waals surface area contributed by atoms with Gasteiger partial charge in [-0.1, -0.05) is 6.92 Å². The largest absolute Gasteiger partial charge is 0.375 e. The van der Waals surface area contributed by atoms with E-state index in [-0.39, 0.29) is 11.5 Å². The minimum Gasteiger partial charge on any atom is -0.375 e. The molecule has 0 radical (unpaired) electrons. The molecule has 14 heavy (non-hydrogen) atoms. The van der Waals surface area contributed by atoms with Crippen molar-refractivity contribution in [2.75, 3.05) is 20.2 Å². The molecule has 0 aliphatic rings. The zero-order valence-corrected chi connectivity index (χ0v) is 10.1. The number of rotatable bonds is 5. The van der Waals surface area contributed by atoms with Crippen LogP contribution in [0.5, 0.6) is 0 Å². The molecule has 0 saturated heterocycles. The first-order valence-electron chi connectivity index (χ1n) is 5.24. The van der Waals surface area contributed by atoms with E-state index in [1.165, 1.54) is 0 Å². The molecule has 1 amide bonds. The Morgan fingerprint density at radius 2 is 1.93 bits per heavy atom. The van der Waals surface area contributed by atoms with E-state index in [2.05, 4.69) is 6.92 Å². The van der Waals surface area contributed by atoms with Gasteiger partial charge >= 0.3 is 0 Å². The first-order chi connectivity index (χ1) is 6.37. The minimum atomic E-state index is -0.149. The normalized spacial score (nSPS) is 11.5. The van der Waals surface area contributed by atoms with Crippen molar-refractivity contribution in [2.24, 2.45) is 0 Å². The molecule has 0 heterocycles. The molecule has 3 heteroatoms. The zero-order valence-electron chi connectivity index (χ0n) is 10.1. The van der Waals surface area contributed by atoms with Gasteiger partial charge in [0, 0.05) is 13.6 Å². The van der Waals surface area contributed by atoms with Crippen molar-refractivity contribution in [3.63, 3.8) is 0 Å². The van der Waals surface area contributed by atoms with Gasteiger partial charge in [-0.05, 0) is 27.2 Å². The van der Waals surface area contributed by atoms with Gasteiger partial charge in [0.1, 0.15) is 0 Å². The molecule has 0 aromatic heterocycles. The van der Waals surface area contributed by atoms with Gasteiger partial charge in [-0.2, -0.15) is 0 Å². The maximum atomic E-state index is 11.5. The second kappa shape index (κ2) is 6.02. The van der Waals surface area contributed by atoms with Gasteiger partial charge in [0.2, 0.25) is 5.91 Å². The molecule has 0 aliphatic carbocycles. The first kappa shape index (κ1) is 13.4. The third kappa shape index (κ3) is 6.89. The van der Waals surface area contributed by atoms with Crippen LogP contribution in [0.15, 0.2) is 0 Å². The van der Waals surface area contributed by atoms with E-state index < -0.39 is 0 Å². The van der Waals surface area contributed by atoms with Crippen LogP contribution in [0.2, 0.25) is 0 Å². The second-order valence-corrected chi connectivity index (χ2v) is 4.53. The van der Waals surface area contributed by atoms with Gasteiger partial charge < -0.3 is 9.64 Å². The average Bonchev–Trinajstić information content (AvgIpc) is 2.02. The Labute approximate surface area is 87.4 Å². The number of ether oxygens (including phenoxy) is 1. The Morgan fingerprint density at radius 1 is 1.36 bits per heavy atom. The van der Waals surface area contributed by atoms with E-state index in [1.807, 2.05) is 27.8 Å². The Bertz CT molecular complexity index is 173. The molecule has 0 N–H and O–H groups in total. The minimum absolute atomic E-state index is 0.149. The topological polar surface area (TPSA) is 29.5 Å². The molecule has 0 saturated carbocycles. The van der Waals surface area contributed by atoms with Crippen LogP contribution in [0.1, 0.15) is 40.5 Å². The number of hydrogen-bond donors (Lipinski definition) is 0. The summed E-state index contributed by atoms with van der Waals surface area (Å²) in [5, 5.41) is 0. The highest BCUT2D eigenvalue weighted by molar-refractivity contribution is 5.75. The summed E-state index contributed by atoms with van der Waals surface area (Å²) >= 11 is 0. The Morgan fingerprint density at radius 3 is 2.36 bits per heavy atom. The summed E-state index contributed by atoms with van der Waals surface area (Å²) in [6.45, 7) is 9.38. The van der Waals surface area contributed by atoms with Crippen molar-refractivity contribution >= 4 is 5.91 Å². The lowest BCUT2D eigenvalue weighted by atomic mass is 10.2. The quantitative estimate of drug-likeness (QED) is 0.681. The van der Waals surface area contributed by atoms with Crippen molar-refractivity contribution in [2.45, 2.75) is 46.1 Å². The molecule has 0 atom stereocenters. The molecule has 0 spiro atoms. The molecule has 3 nitrogen and oxygen atoms in total. The van der Waals surface area contributed by atoms with Crippen LogP contribution in [0.25, 0.3) is 0 Å². The molecule has 0 bridgehead atoms. The van der Waals surface area contributed by atoms with Crippen LogP contribution in [0.4, 0.5) is 0 Å². The lowest BCUT2D eigenvalue weighted by Gasteiger charge is -2.21. The fourth-order valence-electron chi connectivity index (χ4n) is 1.10. The second-order valence-electron chi connectivity index (χ2n) is 4.53. The van der Waals surface area contributed by atoms with Crippen LogP contribution < -0.4 is 0 Å². The van der Waals surface area contributed by atoms with Crippen LogP contribution in [0.3, 0.4) is 0 Å². The maximum Gasteiger partial charge on any atom is 0.224 e. The van der Waals surface area contributed by atoms with Gasteiger partial charge in [0.15, 0.2) is 0 Å².